The standard InChI is InChI=1S/C19H20N2O5S/c1-3-26-19(23)17(12(2)22)18(27-16-7-5-4-6-15(16)20)13-8-10-14(11-9-13)21(24)25/h4-11,17-18H,3,20H2,1-2H3. The van der Waals surface area contributed by atoms with Gasteiger partial charge in [0.2, 0.25) is 0 Å². The summed E-state index contributed by atoms with van der Waals surface area (Å²) in [4.78, 5) is 35.8. The Labute approximate surface area is 161 Å². The molecule has 0 amide bonds. The number of non-ortho nitro benzene ring substituents is 1. The maximum absolute atomic E-state index is 12.5. The summed E-state index contributed by atoms with van der Waals surface area (Å²) in [5.74, 6) is -2.04. The van der Waals surface area contributed by atoms with E-state index in [4.69, 9.17) is 10.5 Å². The number of nitrogens with zero attached hydrogens (tertiary/aromatic N) is 1. The highest BCUT2D eigenvalue weighted by molar-refractivity contribution is 7.99. The van der Waals surface area contributed by atoms with E-state index < -0.39 is 22.1 Å². The quantitative estimate of drug-likeness (QED) is 0.183. The number of ether oxygens (including phenoxy) is 1. The Balaban J connectivity index is 2.49. The summed E-state index contributed by atoms with van der Waals surface area (Å²) >= 11 is 1.26. The van der Waals surface area contributed by atoms with Crippen LogP contribution in [0, 0.1) is 16.0 Å². The number of nitrogen functional groups attached to an aromatic ring is 1. The maximum atomic E-state index is 12.5. The number of hydrogen-bond acceptors (Lipinski definition) is 7. The lowest BCUT2D eigenvalue weighted by Crippen LogP contribution is -2.29. The van der Waals surface area contributed by atoms with Crippen molar-refractivity contribution in [1.29, 1.82) is 0 Å². The average Bonchev–Trinajstić information content (AvgIpc) is 2.63. The number of anilines is 1. The molecule has 0 saturated heterocycles. The fourth-order valence-electron chi connectivity index (χ4n) is 2.57. The van der Waals surface area contributed by atoms with Gasteiger partial charge in [0.15, 0.2) is 0 Å². The second-order valence-corrected chi connectivity index (χ2v) is 6.95. The number of nitro benzene ring substituents is 1. The Bertz CT molecular complexity index is 838. The minimum absolute atomic E-state index is 0.0720. The monoisotopic (exact) mass is 388 g/mol. The molecule has 142 valence electrons. The molecule has 8 heteroatoms. The van der Waals surface area contributed by atoms with Gasteiger partial charge in [-0.05, 0) is 31.5 Å². The van der Waals surface area contributed by atoms with Gasteiger partial charge in [0.1, 0.15) is 11.7 Å². The first-order valence-electron chi connectivity index (χ1n) is 8.27. The smallest absolute Gasteiger partial charge is 0.317 e. The van der Waals surface area contributed by atoms with Crippen LogP contribution >= 0.6 is 11.8 Å². The van der Waals surface area contributed by atoms with Crippen LogP contribution in [0.1, 0.15) is 24.7 Å². The number of esters is 1. The molecule has 2 aromatic carbocycles. The van der Waals surface area contributed by atoms with Gasteiger partial charge in [-0.25, -0.2) is 0 Å². The van der Waals surface area contributed by atoms with Gasteiger partial charge in [0.05, 0.1) is 16.8 Å². The van der Waals surface area contributed by atoms with Crippen molar-refractivity contribution in [3.63, 3.8) is 0 Å². The molecule has 0 bridgehead atoms. The number of nitrogens with two attached hydrogens (primary N) is 1. The molecule has 2 N–H and O–H groups in total. The third kappa shape index (κ3) is 5.07. The molecule has 7 nitrogen and oxygen atoms in total. The number of thioether (sulfide) groups is 1. The third-order valence-electron chi connectivity index (χ3n) is 3.89. The van der Waals surface area contributed by atoms with Gasteiger partial charge in [0, 0.05) is 22.7 Å². The van der Waals surface area contributed by atoms with Crippen molar-refractivity contribution in [2.24, 2.45) is 5.92 Å². The fraction of sp³-hybridized carbons (Fsp3) is 0.263. The Morgan fingerprint density at radius 2 is 1.81 bits per heavy atom. The number of rotatable bonds is 8. The highest BCUT2D eigenvalue weighted by atomic mass is 32.2. The van der Waals surface area contributed by atoms with Gasteiger partial charge in [-0.15, -0.1) is 11.8 Å². The zero-order valence-electron chi connectivity index (χ0n) is 15.0. The van der Waals surface area contributed by atoms with Gasteiger partial charge in [0.25, 0.3) is 5.69 Å². The summed E-state index contributed by atoms with van der Waals surface area (Å²) in [6, 6.07) is 12.9. The van der Waals surface area contributed by atoms with Crippen LogP contribution < -0.4 is 5.73 Å². The number of para-hydroxylation sites is 1. The second-order valence-electron chi connectivity index (χ2n) is 5.77. The summed E-state index contributed by atoms with van der Waals surface area (Å²) in [6.07, 6.45) is 0. The number of carbonyl (C=O) groups is 2. The van der Waals surface area contributed by atoms with Crippen molar-refractivity contribution < 1.29 is 19.2 Å². The van der Waals surface area contributed by atoms with Crippen molar-refractivity contribution in [3.05, 3.63) is 64.2 Å². The number of Topliss-reactive ketones (excluding diaryl/α,β-unsaturated/α-hetero) is 1. The van der Waals surface area contributed by atoms with E-state index in [2.05, 4.69) is 0 Å². The summed E-state index contributed by atoms with van der Waals surface area (Å²) in [5.41, 5.74) is 7.05. The zero-order valence-corrected chi connectivity index (χ0v) is 15.8. The highest BCUT2D eigenvalue weighted by Gasteiger charge is 2.36. The van der Waals surface area contributed by atoms with E-state index in [0.717, 1.165) is 0 Å². The minimum atomic E-state index is -1.06. The predicted octanol–water partition coefficient (Wildman–Crippen LogP) is 3.78. The first-order valence-corrected chi connectivity index (χ1v) is 9.15. The molecule has 0 spiro atoms. The summed E-state index contributed by atoms with van der Waals surface area (Å²) in [6.45, 7) is 3.14. The van der Waals surface area contributed by atoms with E-state index in [-0.39, 0.29) is 18.1 Å². The number of carbonyl (C=O) groups excluding carboxylic acids is 2. The van der Waals surface area contributed by atoms with Crippen molar-refractivity contribution in [2.75, 3.05) is 12.3 Å². The molecule has 2 unspecified atom stereocenters. The van der Waals surface area contributed by atoms with Gasteiger partial charge >= 0.3 is 5.97 Å². The molecule has 0 fully saturated rings. The van der Waals surface area contributed by atoms with Crippen LogP contribution in [0.4, 0.5) is 11.4 Å². The molecular weight excluding hydrogens is 368 g/mol. The topological polar surface area (TPSA) is 113 Å². The fourth-order valence-corrected chi connectivity index (χ4v) is 3.94. The first kappa shape index (κ1) is 20.4. The Kier molecular flexibility index (Phi) is 6.95. The molecule has 2 rings (SSSR count). The van der Waals surface area contributed by atoms with E-state index in [9.17, 15) is 19.7 Å². The number of ketones is 1. The number of nitro groups is 1. The molecule has 2 atom stereocenters. The predicted molar refractivity (Wildman–Crippen MR) is 103 cm³/mol. The van der Waals surface area contributed by atoms with Gasteiger partial charge in [-0.2, -0.15) is 0 Å². The van der Waals surface area contributed by atoms with Crippen LogP contribution in [-0.4, -0.2) is 23.3 Å². The van der Waals surface area contributed by atoms with Crippen molar-refractivity contribution in [1.82, 2.24) is 0 Å². The molecule has 0 radical (unpaired) electrons. The van der Waals surface area contributed by atoms with Crippen molar-refractivity contribution in [2.45, 2.75) is 24.0 Å². The SMILES string of the molecule is CCOC(=O)C(C(C)=O)C(Sc1ccccc1N)c1ccc([N+](=O)[O-])cc1. The average molecular weight is 388 g/mol. The minimum Gasteiger partial charge on any atom is -0.465 e. The van der Waals surface area contributed by atoms with Crippen LogP contribution in [0.3, 0.4) is 0 Å². The van der Waals surface area contributed by atoms with E-state index in [1.165, 1.54) is 30.8 Å². The lowest BCUT2D eigenvalue weighted by atomic mass is 9.95. The maximum Gasteiger partial charge on any atom is 0.317 e. The number of benzene rings is 2. The molecule has 27 heavy (non-hydrogen) atoms. The van der Waals surface area contributed by atoms with E-state index in [0.29, 0.717) is 16.1 Å². The largest absolute Gasteiger partial charge is 0.465 e. The normalized spacial score (nSPS) is 12.8. The summed E-state index contributed by atoms with van der Waals surface area (Å²) in [5, 5.41) is 10.3. The lowest BCUT2D eigenvalue weighted by Gasteiger charge is -2.24. The number of hydrogen-bond donors (Lipinski definition) is 1. The first-order chi connectivity index (χ1) is 12.8. The van der Waals surface area contributed by atoms with Crippen LogP contribution in [0.5, 0.6) is 0 Å². The van der Waals surface area contributed by atoms with E-state index in [1.807, 2.05) is 0 Å². The van der Waals surface area contributed by atoms with E-state index in [1.54, 1.807) is 43.3 Å². The van der Waals surface area contributed by atoms with E-state index >= 15 is 0 Å². The Morgan fingerprint density at radius 3 is 2.33 bits per heavy atom. The van der Waals surface area contributed by atoms with Crippen LogP contribution in [-0.2, 0) is 14.3 Å². The molecule has 0 saturated carbocycles. The van der Waals surface area contributed by atoms with Gasteiger partial charge in [-0.1, -0.05) is 24.3 Å². The van der Waals surface area contributed by atoms with Gasteiger partial charge in [-0.3, -0.25) is 19.7 Å². The lowest BCUT2D eigenvalue weighted by molar-refractivity contribution is -0.384. The molecule has 0 aliphatic carbocycles. The molecule has 2 aromatic rings. The Morgan fingerprint density at radius 1 is 1.19 bits per heavy atom. The van der Waals surface area contributed by atoms with Crippen LogP contribution in [0.15, 0.2) is 53.4 Å². The van der Waals surface area contributed by atoms with Crippen LogP contribution in [0.2, 0.25) is 0 Å². The molecule has 0 aromatic heterocycles. The van der Waals surface area contributed by atoms with Crippen LogP contribution in [0.25, 0.3) is 0 Å². The molecule has 0 aliphatic heterocycles. The van der Waals surface area contributed by atoms with Gasteiger partial charge < -0.3 is 10.5 Å². The van der Waals surface area contributed by atoms with Crippen molar-refractivity contribution in [3.8, 4) is 0 Å². The third-order valence-corrected chi connectivity index (χ3v) is 5.31. The second kappa shape index (κ2) is 9.18. The summed E-state index contributed by atoms with van der Waals surface area (Å²) in [7, 11) is 0. The zero-order chi connectivity index (χ0) is 20.0. The molecule has 0 heterocycles. The highest BCUT2D eigenvalue weighted by Crippen LogP contribution is 2.44. The summed E-state index contributed by atoms with van der Waals surface area (Å²) < 4.78 is 5.09. The molecular formula is C19H20N2O5S. The Hall–Kier alpha value is -2.87. The van der Waals surface area contributed by atoms with Crippen molar-refractivity contribution >= 4 is 34.9 Å². The molecule has 0 aliphatic rings.